The summed E-state index contributed by atoms with van der Waals surface area (Å²) in [5.41, 5.74) is 0.856. The van der Waals surface area contributed by atoms with Gasteiger partial charge in [0, 0.05) is 17.7 Å². The van der Waals surface area contributed by atoms with Gasteiger partial charge >= 0.3 is 0 Å². The molecule has 7 heteroatoms. The van der Waals surface area contributed by atoms with E-state index in [1.165, 1.54) is 0 Å². The number of hydrogen-bond acceptors (Lipinski definition) is 6. The van der Waals surface area contributed by atoms with Gasteiger partial charge in [0.1, 0.15) is 11.8 Å². The summed E-state index contributed by atoms with van der Waals surface area (Å²) in [6, 6.07) is 7.34. The molecule has 6 nitrogen and oxygen atoms in total. The summed E-state index contributed by atoms with van der Waals surface area (Å²) in [6.45, 7) is 1.86. The number of hydrogen-bond donors (Lipinski definition) is 0. The predicted molar refractivity (Wildman–Crippen MR) is 83.5 cm³/mol. The van der Waals surface area contributed by atoms with E-state index in [0.717, 1.165) is 17.1 Å². The molecule has 1 atom stereocenters. The Morgan fingerprint density at radius 2 is 2.23 bits per heavy atom. The van der Waals surface area contributed by atoms with Gasteiger partial charge in [-0.3, -0.25) is 4.79 Å². The van der Waals surface area contributed by atoms with Gasteiger partial charge in [0.15, 0.2) is 0 Å². The van der Waals surface area contributed by atoms with Crippen molar-refractivity contribution in [3.63, 3.8) is 0 Å². The number of rotatable bonds is 4. The van der Waals surface area contributed by atoms with Gasteiger partial charge in [-0.15, -0.1) is 11.8 Å². The number of carbonyl (C=O) groups is 1. The van der Waals surface area contributed by atoms with E-state index in [2.05, 4.69) is 10.1 Å². The number of benzene rings is 1. The van der Waals surface area contributed by atoms with E-state index in [-0.39, 0.29) is 11.9 Å². The highest BCUT2D eigenvalue weighted by atomic mass is 32.2. The van der Waals surface area contributed by atoms with Crippen LogP contribution < -0.4 is 4.74 Å². The van der Waals surface area contributed by atoms with E-state index in [1.54, 1.807) is 23.8 Å². The second kappa shape index (κ2) is 6.39. The van der Waals surface area contributed by atoms with E-state index < -0.39 is 0 Å². The van der Waals surface area contributed by atoms with Crippen LogP contribution in [0, 0.1) is 0 Å². The van der Waals surface area contributed by atoms with Gasteiger partial charge in [0.25, 0.3) is 5.89 Å². The summed E-state index contributed by atoms with van der Waals surface area (Å²) in [4.78, 5) is 18.2. The summed E-state index contributed by atoms with van der Waals surface area (Å²) in [6.07, 6.45) is 0.483. The fraction of sp³-hybridized carbons (Fsp3) is 0.400. The molecule has 3 rings (SSSR count). The molecule has 22 heavy (non-hydrogen) atoms. The molecule has 0 radical (unpaired) electrons. The van der Waals surface area contributed by atoms with Gasteiger partial charge < -0.3 is 14.2 Å². The van der Waals surface area contributed by atoms with Crippen molar-refractivity contribution in [1.82, 2.24) is 15.0 Å². The third kappa shape index (κ3) is 2.81. The summed E-state index contributed by atoms with van der Waals surface area (Å²) < 4.78 is 10.5. The average Bonchev–Trinajstić information content (AvgIpc) is 3.23. The number of amides is 1. The molecule has 1 aliphatic rings. The molecular formula is C15H17N3O3S. The highest BCUT2D eigenvalue weighted by Gasteiger charge is 2.33. The van der Waals surface area contributed by atoms with Crippen molar-refractivity contribution in [2.75, 3.05) is 18.7 Å². The second-order valence-corrected chi connectivity index (χ2v) is 5.92. The minimum atomic E-state index is -0.128. The zero-order chi connectivity index (χ0) is 15.5. The minimum absolute atomic E-state index is 0.110. The maximum atomic E-state index is 12.0. The second-order valence-electron chi connectivity index (χ2n) is 4.92. The Hall–Kier alpha value is -2.02. The fourth-order valence-corrected chi connectivity index (χ4v) is 3.50. The van der Waals surface area contributed by atoms with Gasteiger partial charge in [-0.1, -0.05) is 12.1 Å². The Balaban J connectivity index is 1.82. The molecule has 0 aliphatic carbocycles. The summed E-state index contributed by atoms with van der Waals surface area (Å²) in [5.74, 6) is 3.38. The maximum absolute atomic E-state index is 12.0. The van der Waals surface area contributed by atoms with Crippen LogP contribution in [0.1, 0.15) is 25.3 Å². The molecule has 2 aromatic rings. The molecular weight excluding hydrogens is 302 g/mol. The number of thioether (sulfide) groups is 1. The molecule has 1 aromatic carbocycles. The van der Waals surface area contributed by atoms with Gasteiger partial charge in [0.2, 0.25) is 11.7 Å². The quantitative estimate of drug-likeness (QED) is 0.863. The van der Waals surface area contributed by atoms with Crippen LogP contribution in [0.15, 0.2) is 28.8 Å². The molecule has 1 amide bonds. The monoisotopic (exact) mass is 319 g/mol. The van der Waals surface area contributed by atoms with Crippen molar-refractivity contribution in [3.05, 3.63) is 30.2 Å². The summed E-state index contributed by atoms with van der Waals surface area (Å²) >= 11 is 1.70. The highest BCUT2D eigenvalue weighted by Crippen LogP contribution is 2.33. The third-order valence-electron chi connectivity index (χ3n) is 3.58. The SMILES string of the molecule is CCC(=O)N1CSCC1c1nc(-c2ccc(OC)cc2)no1. The number of aromatic nitrogens is 2. The first-order chi connectivity index (χ1) is 10.7. The Morgan fingerprint density at radius 1 is 1.45 bits per heavy atom. The van der Waals surface area contributed by atoms with Gasteiger partial charge in [-0.2, -0.15) is 4.98 Å². The molecule has 1 fully saturated rings. The Bertz CT molecular complexity index is 656. The van der Waals surface area contributed by atoms with Crippen molar-refractivity contribution < 1.29 is 14.1 Å². The molecule has 0 saturated carbocycles. The normalized spacial score (nSPS) is 17.7. The van der Waals surface area contributed by atoms with E-state index in [1.807, 2.05) is 31.2 Å². The molecule has 116 valence electrons. The topological polar surface area (TPSA) is 68.5 Å². The van der Waals surface area contributed by atoms with Crippen LogP contribution in [0.5, 0.6) is 5.75 Å². The lowest BCUT2D eigenvalue weighted by molar-refractivity contribution is -0.131. The van der Waals surface area contributed by atoms with Crippen molar-refractivity contribution in [3.8, 4) is 17.1 Å². The number of ether oxygens (including phenoxy) is 1. The largest absolute Gasteiger partial charge is 0.497 e. The van der Waals surface area contributed by atoms with Gasteiger partial charge in [-0.05, 0) is 24.3 Å². The molecule has 1 saturated heterocycles. The molecule has 1 aliphatic heterocycles. The van der Waals surface area contributed by atoms with Crippen molar-refractivity contribution in [1.29, 1.82) is 0 Å². The average molecular weight is 319 g/mol. The van der Waals surface area contributed by atoms with Gasteiger partial charge in [0.05, 0.1) is 13.0 Å². The van der Waals surface area contributed by atoms with Gasteiger partial charge in [-0.25, -0.2) is 0 Å². The number of nitrogens with zero attached hydrogens (tertiary/aromatic N) is 3. The van der Waals surface area contributed by atoms with Crippen LogP contribution in [-0.4, -0.2) is 39.7 Å². The first-order valence-corrected chi connectivity index (χ1v) is 8.23. The maximum Gasteiger partial charge on any atom is 0.250 e. The zero-order valence-corrected chi connectivity index (χ0v) is 13.3. The van der Waals surface area contributed by atoms with Crippen LogP contribution in [-0.2, 0) is 4.79 Å². The van der Waals surface area contributed by atoms with E-state index >= 15 is 0 Å². The molecule has 1 aromatic heterocycles. The minimum Gasteiger partial charge on any atom is -0.497 e. The molecule has 0 spiro atoms. The third-order valence-corrected chi connectivity index (χ3v) is 4.59. The Labute approximate surface area is 132 Å². The lowest BCUT2D eigenvalue weighted by atomic mass is 10.2. The molecule has 1 unspecified atom stereocenters. The van der Waals surface area contributed by atoms with Crippen molar-refractivity contribution >= 4 is 17.7 Å². The van der Waals surface area contributed by atoms with Crippen LogP contribution in [0.25, 0.3) is 11.4 Å². The molecule has 2 heterocycles. The molecule has 0 bridgehead atoms. The Morgan fingerprint density at radius 3 is 2.91 bits per heavy atom. The number of carbonyl (C=O) groups excluding carboxylic acids is 1. The highest BCUT2D eigenvalue weighted by molar-refractivity contribution is 7.99. The lowest BCUT2D eigenvalue weighted by Crippen LogP contribution is -2.30. The van der Waals surface area contributed by atoms with Crippen LogP contribution in [0.3, 0.4) is 0 Å². The zero-order valence-electron chi connectivity index (χ0n) is 12.5. The van der Waals surface area contributed by atoms with Crippen molar-refractivity contribution in [2.45, 2.75) is 19.4 Å². The van der Waals surface area contributed by atoms with E-state index in [9.17, 15) is 4.79 Å². The first kappa shape index (κ1) is 14.9. The molecule has 0 N–H and O–H groups in total. The van der Waals surface area contributed by atoms with E-state index in [0.29, 0.717) is 24.0 Å². The van der Waals surface area contributed by atoms with Crippen molar-refractivity contribution in [2.24, 2.45) is 0 Å². The predicted octanol–water partition coefficient (Wildman–Crippen LogP) is 2.73. The summed E-state index contributed by atoms with van der Waals surface area (Å²) in [5, 5.41) is 4.03. The van der Waals surface area contributed by atoms with E-state index in [4.69, 9.17) is 9.26 Å². The summed E-state index contributed by atoms with van der Waals surface area (Å²) in [7, 11) is 1.62. The van der Waals surface area contributed by atoms with Crippen LogP contribution >= 0.6 is 11.8 Å². The van der Waals surface area contributed by atoms with Crippen LogP contribution in [0.2, 0.25) is 0 Å². The van der Waals surface area contributed by atoms with Crippen LogP contribution in [0.4, 0.5) is 0 Å². The standard InChI is InChI=1S/C15H17N3O3S/c1-3-13(19)18-9-22-8-12(18)15-16-14(17-21-15)10-4-6-11(20-2)7-5-10/h4-7,12H,3,8-9H2,1-2H3. The number of methoxy groups -OCH3 is 1. The lowest BCUT2D eigenvalue weighted by Gasteiger charge is -2.19. The fourth-order valence-electron chi connectivity index (χ4n) is 2.32. The Kier molecular flexibility index (Phi) is 4.33. The smallest absolute Gasteiger partial charge is 0.250 e. The first-order valence-electron chi connectivity index (χ1n) is 7.08.